The van der Waals surface area contributed by atoms with Gasteiger partial charge in [0, 0.05) is 53.3 Å². The Morgan fingerprint density at radius 1 is 0.630 bits per heavy atom. The maximum absolute atomic E-state index is 4.00. The second kappa shape index (κ2) is 33.7. The SMILES string of the molecule is CC(C)(C)[C]#[TaH].C[PH+](C)CC[PH+](C)C.C[PH+](C)CC[PH+](C)C.[Al][ClH+].[CH3-].[CH3-].[CH3-]. The van der Waals surface area contributed by atoms with Crippen LogP contribution in [0.4, 0.5) is 0 Å². The molecule has 0 aromatic rings. The van der Waals surface area contributed by atoms with Crippen LogP contribution in [0.2, 0.25) is 0 Å². The first-order chi connectivity index (χ1) is 10.8. The van der Waals surface area contributed by atoms with Gasteiger partial charge in [-0.3, -0.25) is 0 Å². The summed E-state index contributed by atoms with van der Waals surface area (Å²) in [7, 11) is 4.38. The standard InChI is InChI=1S/2C6H16P2.C5H9.3CH3.Al.ClH.Ta.H/c2*1-7(2)5-6-8(3)4;1-5(2,3)4;;;;;;;/h2*5-6H2,1-4H3;1-3H3;3*1H3;;1H;;/q;;;3*-1;+1;;;/p+4. The molecule has 0 unspecified atom stereocenters. The van der Waals surface area contributed by atoms with Crippen molar-refractivity contribution in [3.63, 3.8) is 0 Å². The fraction of sp³-hybridized carbons (Fsp3) is 0.800. The van der Waals surface area contributed by atoms with E-state index in [1.807, 2.05) is 15.4 Å². The molecule has 0 saturated carbocycles. The molecule has 0 aliphatic carbocycles. The summed E-state index contributed by atoms with van der Waals surface area (Å²) < 4.78 is 3.24. The van der Waals surface area contributed by atoms with E-state index in [1.165, 1.54) is 24.6 Å². The van der Waals surface area contributed by atoms with Gasteiger partial charge in [-0.05, 0) is 31.7 Å². The Morgan fingerprint density at radius 2 is 0.741 bits per heavy atom. The molecule has 0 aromatic heterocycles. The van der Waals surface area contributed by atoms with Gasteiger partial charge in [-0.2, -0.15) is 0 Å². The molecule has 2 radical (unpaired) electrons. The smallest absolute Gasteiger partial charge is 0.358 e. The van der Waals surface area contributed by atoms with Crippen LogP contribution in [0.5, 0.6) is 0 Å². The monoisotopic (exact) mass is 663 g/mol. The van der Waals surface area contributed by atoms with Gasteiger partial charge in [0.2, 0.25) is 0 Å². The Morgan fingerprint density at radius 3 is 0.778 bits per heavy atom. The van der Waals surface area contributed by atoms with Crippen molar-refractivity contribution >= 4 is 47.1 Å². The van der Waals surface area contributed by atoms with Gasteiger partial charge in [-0.25, -0.2) is 0 Å². The average molecular weight is 664 g/mol. The van der Waals surface area contributed by atoms with Gasteiger partial charge in [0.05, 0.1) is 24.6 Å². The van der Waals surface area contributed by atoms with E-state index >= 15 is 0 Å². The molecule has 169 valence electrons. The molecule has 0 bridgehead atoms. The largest absolute Gasteiger partial charge is 0.723 e. The van der Waals surface area contributed by atoms with E-state index in [-0.39, 0.29) is 54.0 Å². The zero-order chi connectivity index (χ0) is 20.3. The summed E-state index contributed by atoms with van der Waals surface area (Å²) in [5.74, 6) is 0. The van der Waals surface area contributed by atoms with E-state index in [1.54, 1.807) is 0 Å². The van der Waals surface area contributed by atoms with E-state index < -0.39 is 0 Å². The molecule has 0 rings (SSSR count). The first-order valence-electron chi connectivity index (χ1n) is 8.65. The van der Waals surface area contributed by atoms with Crippen LogP contribution >= 0.6 is 31.7 Å². The molecule has 0 atom stereocenters. The number of hydrogen-bond donors (Lipinski definition) is 0. The van der Waals surface area contributed by atoms with E-state index in [0.29, 0.717) is 5.41 Å². The first kappa shape index (κ1) is 47.7. The van der Waals surface area contributed by atoms with Crippen LogP contribution in [0.25, 0.3) is 0 Å². The first-order valence-corrected chi connectivity index (χ1v) is 23.2. The van der Waals surface area contributed by atoms with Gasteiger partial charge in [0.1, 0.15) is 0 Å². The molecule has 0 saturated heterocycles. The number of hydrogen-bond acceptors (Lipinski definition) is 0. The van der Waals surface area contributed by atoms with Gasteiger partial charge < -0.3 is 22.3 Å². The molecule has 0 nitrogen and oxygen atoms in total. The molecule has 0 aliphatic heterocycles. The molecule has 0 spiro atoms. The van der Waals surface area contributed by atoms with Gasteiger partial charge in [0.15, 0.2) is 0 Å². The number of halogens is 1. The molecule has 0 aromatic carbocycles. The fourth-order valence-corrected chi connectivity index (χ4v) is 9.00. The summed E-state index contributed by atoms with van der Waals surface area (Å²) in [6, 6.07) is 0. The third kappa shape index (κ3) is 82.5. The molecule has 27 heavy (non-hydrogen) atoms. The van der Waals surface area contributed by atoms with Crippen LogP contribution in [0.3, 0.4) is 0 Å². The van der Waals surface area contributed by atoms with E-state index in [0.717, 1.165) is 20.4 Å². The molecule has 0 amide bonds. The summed E-state index contributed by atoms with van der Waals surface area (Å²) >= 11 is 3.10. The van der Waals surface area contributed by atoms with Crippen molar-refractivity contribution in [1.29, 1.82) is 0 Å². The molecular formula is C20H56AlClP4Ta+2. The molecule has 7 heteroatoms. The third-order valence-corrected chi connectivity index (χ3v) is 11.3. The van der Waals surface area contributed by atoms with E-state index in [4.69, 9.17) is 0 Å². The predicted octanol–water partition coefficient (Wildman–Crippen LogP) is 5.84. The molecule has 0 fully saturated rings. The molecule has 0 N–H and O–H groups in total. The summed E-state index contributed by atoms with van der Waals surface area (Å²) in [6.07, 6.45) is 6.13. The van der Waals surface area contributed by atoms with Crippen LogP contribution in [0.15, 0.2) is 0 Å². The average Bonchev–Trinajstić information content (AvgIpc) is 2.45. The van der Waals surface area contributed by atoms with Gasteiger partial charge in [0.25, 0.3) is 0 Å². The number of rotatable bonds is 6. The molecular weight excluding hydrogens is 607 g/mol. The van der Waals surface area contributed by atoms with Crippen LogP contribution in [-0.4, -0.2) is 93.3 Å². The van der Waals surface area contributed by atoms with E-state index in [2.05, 4.69) is 88.2 Å². The van der Waals surface area contributed by atoms with E-state index in [9.17, 15) is 0 Å². The van der Waals surface area contributed by atoms with Crippen molar-refractivity contribution in [3.05, 3.63) is 22.3 Å². The molecule has 0 heterocycles. The van der Waals surface area contributed by atoms with Gasteiger partial charge in [-0.1, -0.05) is 0 Å². The van der Waals surface area contributed by atoms with Crippen LogP contribution in [0, 0.1) is 41.8 Å². The summed E-state index contributed by atoms with van der Waals surface area (Å²) in [6.45, 7) is 25.7. The Hall–Kier alpha value is 3.06. The maximum atomic E-state index is 4.00. The third-order valence-electron chi connectivity index (χ3n) is 2.62. The zero-order valence-electron chi connectivity index (χ0n) is 21.3. The topological polar surface area (TPSA) is 0 Å². The second-order valence-electron chi connectivity index (χ2n) is 8.20. The summed E-state index contributed by atoms with van der Waals surface area (Å²) in [5, 5.41) is 0. The van der Waals surface area contributed by atoms with Crippen LogP contribution in [0.1, 0.15) is 20.8 Å². The Bertz CT molecular complexity index is 244. The minimum Gasteiger partial charge on any atom is -0.358 e. The quantitative estimate of drug-likeness (QED) is 0.190. The zero-order valence-corrected chi connectivity index (χ0v) is 30.9. The Labute approximate surface area is 206 Å². The summed E-state index contributed by atoms with van der Waals surface area (Å²) in [4.78, 5) is 0. The van der Waals surface area contributed by atoms with Crippen molar-refractivity contribution in [2.45, 2.75) is 20.8 Å². The summed E-state index contributed by atoms with van der Waals surface area (Å²) in [5.41, 5.74) is 0.353. The predicted molar refractivity (Wildman–Crippen MR) is 151 cm³/mol. The fourth-order valence-electron chi connectivity index (χ4n) is 1.000. The van der Waals surface area contributed by atoms with Crippen LogP contribution in [-0.2, 0) is 20.4 Å². The van der Waals surface area contributed by atoms with Crippen molar-refractivity contribution in [3.8, 4) is 4.03 Å². The normalized spacial score (nSPS) is 9.15. The minimum atomic E-state index is 0. The Balaban J connectivity index is -0.0000000406. The van der Waals surface area contributed by atoms with Crippen molar-refractivity contribution in [2.75, 3.05) is 78.0 Å². The van der Waals surface area contributed by atoms with Crippen molar-refractivity contribution in [1.82, 2.24) is 0 Å². The van der Waals surface area contributed by atoms with Gasteiger partial charge in [-0.15, -0.1) is 10.0 Å². The maximum Gasteiger partial charge on any atom is 0.723 e. The van der Waals surface area contributed by atoms with Crippen molar-refractivity contribution < 1.29 is 30.4 Å². The van der Waals surface area contributed by atoms with Crippen LogP contribution < -0.4 is 0 Å². The minimum absolute atomic E-state index is 0. The second-order valence-corrected chi connectivity index (χ2v) is 20.8. The molecule has 0 aliphatic rings. The van der Waals surface area contributed by atoms with Crippen molar-refractivity contribution in [2.24, 2.45) is 5.41 Å². The Kier molecular flexibility index (Phi) is 59.6. The van der Waals surface area contributed by atoms with Gasteiger partial charge >= 0.3 is 66.0 Å².